The van der Waals surface area contributed by atoms with E-state index in [2.05, 4.69) is 5.32 Å². The summed E-state index contributed by atoms with van der Waals surface area (Å²) in [4.78, 5) is 30.1. The van der Waals surface area contributed by atoms with Gasteiger partial charge < -0.3 is 19.9 Å². The molecule has 3 heterocycles. The molecule has 0 aliphatic carbocycles. The maximum Gasteiger partial charge on any atom is 0.264 e. The van der Waals surface area contributed by atoms with Crippen LogP contribution in [0.2, 0.25) is 0 Å². The number of nitrogens with one attached hydrogen (secondary N) is 1. The first-order valence-electron chi connectivity index (χ1n) is 9.45. The van der Waals surface area contributed by atoms with E-state index >= 15 is 0 Å². The number of methoxy groups -OCH3 is 1. The van der Waals surface area contributed by atoms with Crippen LogP contribution in [0.25, 0.3) is 10.1 Å². The summed E-state index contributed by atoms with van der Waals surface area (Å²) in [5, 5.41) is 4.19. The maximum atomic E-state index is 13.2. The third kappa shape index (κ3) is 3.41. The van der Waals surface area contributed by atoms with Crippen LogP contribution in [-0.4, -0.2) is 67.5 Å². The Morgan fingerprint density at radius 2 is 2.19 bits per heavy atom. The second-order valence-corrected chi connectivity index (χ2v) is 8.28. The van der Waals surface area contributed by atoms with Crippen LogP contribution in [0.3, 0.4) is 0 Å². The number of benzene rings is 1. The summed E-state index contributed by atoms with van der Waals surface area (Å²) in [6.45, 7) is 5.35. The van der Waals surface area contributed by atoms with E-state index in [1.165, 1.54) is 0 Å². The minimum Gasteiger partial charge on any atom is -0.497 e. The van der Waals surface area contributed by atoms with Gasteiger partial charge in [0.15, 0.2) is 0 Å². The van der Waals surface area contributed by atoms with Crippen molar-refractivity contribution in [2.45, 2.75) is 25.8 Å². The number of carbonyl (C=O) groups excluding carboxylic acids is 2. The first kappa shape index (κ1) is 18.3. The van der Waals surface area contributed by atoms with Crippen LogP contribution >= 0.6 is 11.3 Å². The van der Waals surface area contributed by atoms with Crippen molar-refractivity contribution in [1.29, 1.82) is 0 Å². The average Bonchev–Trinajstić information content (AvgIpc) is 3.04. The van der Waals surface area contributed by atoms with E-state index in [1.54, 1.807) is 18.4 Å². The van der Waals surface area contributed by atoms with Gasteiger partial charge in [0.05, 0.1) is 18.5 Å². The quantitative estimate of drug-likeness (QED) is 0.878. The van der Waals surface area contributed by atoms with Gasteiger partial charge in [0, 0.05) is 36.9 Å². The van der Waals surface area contributed by atoms with E-state index in [1.807, 2.05) is 34.9 Å². The number of nitrogens with zero attached hydrogens (tertiary/aromatic N) is 2. The number of piperazine rings is 1. The van der Waals surface area contributed by atoms with Crippen molar-refractivity contribution < 1.29 is 14.3 Å². The Bertz CT molecular complexity index is 879. The zero-order chi connectivity index (χ0) is 19.0. The monoisotopic (exact) mass is 387 g/mol. The largest absolute Gasteiger partial charge is 0.497 e. The minimum atomic E-state index is 0.0833. The van der Waals surface area contributed by atoms with Gasteiger partial charge in [-0.2, -0.15) is 0 Å². The molecule has 2 saturated heterocycles. The van der Waals surface area contributed by atoms with Gasteiger partial charge in [-0.25, -0.2) is 0 Å². The molecular weight excluding hydrogens is 362 g/mol. The Morgan fingerprint density at radius 1 is 1.33 bits per heavy atom. The molecule has 2 amide bonds. The number of aryl methyl sites for hydroxylation is 1. The summed E-state index contributed by atoms with van der Waals surface area (Å²) in [7, 11) is 1.65. The molecule has 1 aromatic heterocycles. The van der Waals surface area contributed by atoms with Crippen LogP contribution in [0.4, 0.5) is 0 Å². The first-order chi connectivity index (χ1) is 13.1. The standard InChI is InChI=1S/C20H25N3O3S/c1-13-16-10-15(26-2)5-6-17(16)27-19(13)20(25)22-8-3-4-14(12-22)23-9-7-21-11-18(23)24/h5-6,10,14,21H,3-4,7-9,11-12H2,1-2H3/t14-/m0/s1. The van der Waals surface area contributed by atoms with Crippen molar-refractivity contribution in [3.63, 3.8) is 0 Å². The third-order valence-corrected chi connectivity index (χ3v) is 6.85. The highest BCUT2D eigenvalue weighted by atomic mass is 32.1. The molecule has 0 spiro atoms. The molecule has 27 heavy (non-hydrogen) atoms. The number of hydrogen-bond acceptors (Lipinski definition) is 5. The zero-order valence-corrected chi connectivity index (χ0v) is 16.6. The predicted octanol–water partition coefficient (Wildman–Crippen LogP) is 2.25. The normalized spacial score (nSPS) is 21.0. The van der Waals surface area contributed by atoms with Gasteiger partial charge in [-0.1, -0.05) is 0 Å². The Hall–Kier alpha value is -2.12. The number of rotatable bonds is 3. The van der Waals surface area contributed by atoms with Crippen molar-refractivity contribution in [2.24, 2.45) is 0 Å². The molecule has 7 heteroatoms. The topological polar surface area (TPSA) is 61.9 Å². The van der Waals surface area contributed by atoms with Crippen LogP contribution < -0.4 is 10.1 Å². The van der Waals surface area contributed by atoms with Crippen LogP contribution in [0.5, 0.6) is 5.75 Å². The van der Waals surface area contributed by atoms with Gasteiger partial charge in [-0.3, -0.25) is 9.59 Å². The molecule has 144 valence electrons. The molecule has 4 rings (SSSR count). The second-order valence-electron chi connectivity index (χ2n) is 7.23. The van der Waals surface area contributed by atoms with Crippen molar-refractivity contribution in [2.75, 3.05) is 39.8 Å². The van der Waals surface area contributed by atoms with Gasteiger partial charge in [0.25, 0.3) is 5.91 Å². The molecule has 2 fully saturated rings. The van der Waals surface area contributed by atoms with Crippen LogP contribution in [0.15, 0.2) is 18.2 Å². The Kier molecular flexibility index (Phi) is 5.06. The van der Waals surface area contributed by atoms with E-state index in [4.69, 9.17) is 4.74 Å². The lowest BCUT2D eigenvalue weighted by atomic mass is 10.0. The third-order valence-electron chi connectivity index (χ3n) is 5.59. The number of hydrogen-bond donors (Lipinski definition) is 1. The Balaban J connectivity index is 1.56. The molecule has 1 N–H and O–H groups in total. The highest BCUT2D eigenvalue weighted by Crippen LogP contribution is 2.34. The van der Waals surface area contributed by atoms with E-state index in [0.717, 1.165) is 58.8 Å². The molecule has 0 saturated carbocycles. The number of amides is 2. The van der Waals surface area contributed by atoms with E-state index < -0.39 is 0 Å². The highest BCUT2D eigenvalue weighted by molar-refractivity contribution is 7.21. The Morgan fingerprint density at radius 3 is 2.96 bits per heavy atom. The number of likely N-dealkylation sites (tertiary alicyclic amines) is 1. The summed E-state index contributed by atoms with van der Waals surface area (Å²) < 4.78 is 6.42. The lowest BCUT2D eigenvalue weighted by Gasteiger charge is -2.41. The fraction of sp³-hybridized carbons (Fsp3) is 0.500. The molecule has 0 bridgehead atoms. The SMILES string of the molecule is COc1ccc2sc(C(=O)N3CCC[C@H](N4CCNCC4=O)C3)c(C)c2c1. The molecular formula is C20H25N3O3S. The number of fused-ring (bicyclic) bond motifs is 1. The summed E-state index contributed by atoms with van der Waals surface area (Å²) in [5.74, 6) is 1.03. The van der Waals surface area contributed by atoms with Crippen LogP contribution in [0.1, 0.15) is 28.1 Å². The second kappa shape index (κ2) is 7.48. The summed E-state index contributed by atoms with van der Waals surface area (Å²) >= 11 is 1.54. The van der Waals surface area contributed by atoms with E-state index in [0.29, 0.717) is 13.1 Å². The number of piperidine rings is 1. The minimum absolute atomic E-state index is 0.0833. The van der Waals surface area contributed by atoms with Crippen LogP contribution in [-0.2, 0) is 4.79 Å². The maximum absolute atomic E-state index is 13.2. The average molecular weight is 388 g/mol. The number of ether oxygens (including phenoxy) is 1. The highest BCUT2D eigenvalue weighted by Gasteiger charge is 2.32. The lowest BCUT2D eigenvalue weighted by molar-refractivity contribution is -0.135. The van der Waals surface area contributed by atoms with E-state index in [-0.39, 0.29) is 17.9 Å². The van der Waals surface area contributed by atoms with Crippen molar-refractivity contribution in [3.8, 4) is 5.75 Å². The van der Waals surface area contributed by atoms with Gasteiger partial charge in [-0.15, -0.1) is 11.3 Å². The molecule has 2 aliphatic rings. The van der Waals surface area contributed by atoms with Crippen molar-refractivity contribution in [3.05, 3.63) is 28.6 Å². The molecule has 1 atom stereocenters. The molecule has 0 unspecified atom stereocenters. The summed E-state index contributed by atoms with van der Waals surface area (Å²) in [6, 6.07) is 6.07. The molecule has 0 radical (unpaired) electrons. The first-order valence-corrected chi connectivity index (χ1v) is 10.3. The predicted molar refractivity (Wildman–Crippen MR) is 107 cm³/mol. The molecule has 2 aliphatic heterocycles. The number of carbonyl (C=O) groups is 2. The smallest absolute Gasteiger partial charge is 0.264 e. The van der Waals surface area contributed by atoms with Gasteiger partial charge >= 0.3 is 0 Å². The van der Waals surface area contributed by atoms with E-state index in [9.17, 15) is 9.59 Å². The Labute approximate surface area is 163 Å². The van der Waals surface area contributed by atoms with Crippen LogP contribution in [0, 0.1) is 6.92 Å². The van der Waals surface area contributed by atoms with Crippen molar-refractivity contribution >= 4 is 33.2 Å². The van der Waals surface area contributed by atoms with Gasteiger partial charge in [-0.05, 0) is 48.9 Å². The molecule has 2 aromatic rings. The molecule has 6 nitrogen and oxygen atoms in total. The lowest BCUT2D eigenvalue weighted by Crippen LogP contribution is -2.57. The summed E-state index contributed by atoms with van der Waals surface area (Å²) in [6.07, 6.45) is 1.91. The fourth-order valence-corrected chi connectivity index (χ4v) is 5.23. The fourth-order valence-electron chi connectivity index (χ4n) is 4.08. The summed E-state index contributed by atoms with van der Waals surface area (Å²) in [5.41, 5.74) is 1.01. The molecule has 1 aromatic carbocycles. The van der Waals surface area contributed by atoms with Crippen molar-refractivity contribution in [1.82, 2.24) is 15.1 Å². The van der Waals surface area contributed by atoms with Gasteiger partial charge in [0.2, 0.25) is 5.91 Å². The zero-order valence-electron chi connectivity index (χ0n) is 15.8. The van der Waals surface area contributed by atoms with Gasteiger partial charge in [0.1, 0.15) is 5.75 Å². The number of thiophene rings is 1.